The van der Waals surface area contributed by atoms with E-state index in [4.69, 9.17) is 5.11 Å². The summed E-state index contributed by atoms with van der Waals surface area (Å²) >= 11 is 0. The van der Waals surface area contributed by atoms with Crippen LogP contribution in [0.4, 0.5) is 4.39 Å². The molecule has 1 heterocycles. The van der Waals surface area contributed by atoms with E-state index in [0.717, 1.165) is 11.3 Å². The Bertz CT molecular complexity index is 673. The van der Waals surface area contributed by atoms with E-state index in [1.54, 1.807) is 18.3 Å². The van der Waals surface area contributed by atoms with Crippen LogP contribution in [0.1, 0.15) is 17.7 Å². The first-order valence-corrected chi connectivity index (χ1v) is 6.47. The van der Waals surface area contributed by atoms with Crippen molar-refractivity contribution in [3.8, 4) is 11.4 Å². The molecule has 1 aromatic carbocycles. The maximum absolute atomic E-state index is 13.2. The predicted molar refractivity (Wildman–Crippen MR) is 70.6 cm³/mol. The van der Waals surface area contributed by atoms with Gasteiger partial charge in [0.15, 0.2) is 5.82 Å². The summed E-state index contributed by atoms with van der Waals surface area (Å²) in [6.45, 7) is 0. The highest BCUT2D eigenvalue weighted by atomic mass is 19.1. The second kappa shape index (κ2) is 5.00. The van der Waals surface area contributed by atoms with Gasteiger partial charge in [-0.3, -0.25) is 4.79 Å². The van der Waals surface area contributed by atoms with E-state index in [1.165, 1.54) is 12.1 Å². The van der Waals surface area contributed by atoms with E-state index in [9.17, 15) is 9.18 Å². The van der Waals surface area contributed by atoms with Crippen molar-refractivity contribution in [2.75, 3.05) is 0 Å². The number of rotatable bonds is 2. The third kappa shape index (κ3) is 2.39. The molecule has 0 aliphatic heterocycles. The zero-order chi connectivity index (χ0) is 14.1. The molecule has 1 N–H and O–H groups in total. The lowest BCUT2D eigenvalue weighted by atomic mass is 9.87. The lowest BCUT2D eigenvalue weighted by Gasteiger charge is -2.20. The van der Waals surface area contributed by atoms with Gasteiger partial charge in [0.2, 0.25) is 0 Å². The Balaban J connectivity index is 1.93. The zero-order valence-electron chi connectivity index (χ0n) is 10.7. The minimum Gasteiger partial charge on any atom is -0.481 e. The van der Waals surface area contributed by atoms with Crippen LogP contribution in [0.3, 0.4) is 0 Å². The molecule has 20 heavy (non-hydrogen) atoms. The molecule has 4 nitrogen and oxygen atoms in total. The average Bonchev–Trinajstić information content (AvgIpc) is 2.46. The fourth-order valence-corrected chi connectivity index (χ4v) is 2.48. The van der Waals surface area contributed by atoms with Gasteiger partial charge in [0, 0.05) is 17.5 Å². The summed E-state index contributed by atoms with van der Waals surface area (Å²) < 4.78 is 13.2. The number of hydrogen-bond donors (Lipinski definition) is 1. The first-order valence-electron chi connectivity index (χ1n) is 6.47. The van der Waals surface area contributed by atoms with Crippen LogP contribution in [0.25, 0.3) is 11.4 Å². The molecule has 3 rings (SSSR count). The molecule has 0 saturated carbocycles. The summed E-state index contributed by atoms with van der Waals surface area (Å²) in [7, 11) is 0. The van der Waals surface area contributed by atoms with Gasteiger partial charge in [-0.2, -0.15) is 0 Å². The zero-order valence-corrected chi connectivity index (χ0v) is 10.7. The Morgan fingerprint density at radius 3 is 3.00 bits per heavy atom. The Hall–Kier alpha value is -2.30. The maximum atomic E-state index is 13.2. The summed E-state index contributed by atoms with van der Waals surface area (Å²) in [5, 5.41) is 9.04. The van der Waals surface area contributed by atoms with Gasteiger partial charge in [-0.1, -0.05) is 12.1 Å². The molecular weight excluding hydrogens is 259 g/mol. The molecule has 0 spiro atoms. The number of hydrogen-bond acceptors (Lipinski definition) is 3. The lowest BCUT2D eigenvalue weighted by molar-refractivity contribution is -0.142. The van der Waals surface area contributed by atoms with Crippen molar-refractivity contribution < 1.29 is 14.3 Å². The summed E-state index contributed by atoms with van der Waals surface area (Å²) in [4.78, 5) is 19.7. The third-order valence-electron chi connectivity index (χ3n) is 3.58. The number of benzene rings is 1. The van der Waals surface area contributed by atoms with E-state index in [0.29, 0.717) is 30.7 Å². The molecular formula is C15H13FN2O2. The van der Waals surface area contributed by atoms with Crippen molar-refractivity contribution >= 4 is 5.97 Å². The number of aromatic nitrogens is 2. The van der Waals surface area contributed by atoms with Crippen LogP contribution in [0, 0.1) is 11.7 Å². The highest BCUT2D eigenvalue weighted by molar-refractivity contribution is 5.71. The number of aliphatic carboxylic acids is 1. The van der Waals surface area contributed by atoms with Crippen molar-refractivity contribution in [1.82, 2.24) is 9.97 Å². The van der Waals surface area contributed by atoms with E-state index in [2.05, 4.69) is 9.97 Å². The topological polar surface area (TPSA) is 63.1 Å². The predicted octanol–water partition coefficient (Wildman–Crippen LogP) is 2.47. The van der Waals surface area contributed by atoms with Crippen LogP contribution in [0.15, 0.2) is 30.5 Å². The largest absolute Gasteiger partial charge is 0.481 e. The van der Waals surface area contributed by atoms with Crippen molar-refractivity contribution in [2.45, 2.75) is 19.3 Å². The Morgan fingerprint density at radius 2 is 2.25 bits per heavy atom. The molecule has 0 fully saturated rings. The minimum absolute atomic E-state index is 0.324. The van der Waals surface area contributed by atoms with Crippen LogP contribution in [-0.4, -0.2) is 21.0 Å². The van der Waals surface area contributed by atoms with Gasteiger partial charge in [-0.05, 0) is 37.0 Å². The summed E-state index contributed by atoms with van der Waals surface area (Å²) in [5.41, 5.74) is 2.38. The van der Waals surface area contributed by atoms with Crippen molar-refractivity contribution in [2.24, 2.45) is 5.92 Å². The second-order valence-electron chi connectivity index (χ2n) is 4.95. The van der Waals surface area contributed by atoms with Gasteiger partial charge in [-0.15, -0.1) is 0 Å². The SMILES string of the molecule is O=C(O)C1CCc2nc(-c3cccc(F)c3)ncc2C1. The van der Waals surface area contributed by atoms with Gasteiger partial charge in [0.05, 0.1) is 5.92 Å². The van der Waals surface area contributed by atoms with Crippen LogP contribution in [0.5, 0.6) is 0 Å². The molecule has 5 heteroatoms. The van der Waals surface area contributed by atoms with Crippen molar-refractivity contribution in [1.29, 1.82) is 0 Å². The molecule has 1 aliphatic rings. The highest BCUT2D eigenvalue weighted by Gasteiger charge is 2.25. The first-order chi connectivity index (χ1) is 9.63. The third-order valence-corrected chi connectivity index (χ3v) is 3.58. The van der Waals surface area contributed by atoms with E-state index >= 15 is 0 Å². The van der Waals surface area contributed by atoms with Crippen LogP contribution in [0.2, 0.25) is 0 Å². The number of carboxylic acid groups (broad SMARTS) is 1. The molecule has 0 amide bonds. The summed E-state index contributed by atoms with van der Waals surface area (Å²) in [6.07, 6.45) is 3.34. The fourth-order valence-electron chi connectivity index (χ4n) is 2.48. The number of carbonyl (C=O) groups is 1. The molecule has 1 unspecified atom stereocenters. The standard InChI is InChI=1S/C15H13FN2O2/c16-12-3-1-2-9(7-12)14-17-8-11-6-10(15(19)20)4-5-13(11)18-14/h1-3,7-8,10H,4-6H2,(H,19,20). The van der Waals surface area contributed by atoms with E-state index in [-0.39, 0.29) is 11.7 Å². The van der Waals surface area contributed by atoms with Gasteiger partial charge in [0.25, 0.3) is 0 Å². The van der Waals surface area contributed by atoms with Crippen LogP contribution in [-0.2, 0) is 17.6 Å². The van der Waals surface area contributed by atoms with Crippen LogP contribution >= 0.6 is 0 Å². The summed E-state index contributed by atoms with van der Waals surface area (Å²) in [6, 6.07) is 6.14. The number of carboxylic acids is 1. The maximum Gasteiger partial charge on any atom is 0.306 e. The number of halogens is 1. The van der Waals surface area contributed by atoms with E-state index < -0.39 is 5.97 Å². The smallest absolute Gasteiger partial charge is 0.306 e. The number of fused-ring (bicyclic) bond motifs is 1. The monoisotopic (exact) mass is 272 g/mol. The van der Waals surface area contributed by atoms with E-state index in [1.807, 2.05) is 0 Å². The molecule has 2 aromatic rings. The molecule has 0 radical (unpaired) electrons. The first kappa shape index (κ1) is 12.7. The molecule has 1 aliphatic carbocycles. The van der Waals surface area contributed by atoms with Gasteiger partial charge >= 0.3 is 5.97 Å². The Morgan fingerprint density at radius 1 is 1.40 bits per heavy atom. The normalized spacial score (nSPS) is 17.6. The molecule has 0 saturated heterocycles. The van der Waals surface area contributed by atoms with Gasteiger partial charge in [0.1, 0.15) is 5.82 Å². The quantitative estimate of drug-likeness (QED) is 0.912. The molecule has 0 bridgehead atoms. The highest BCUT2D eigenvalue weighted by Crippen LogP contribution is 2.26. The number of aryl methyl sites for hydroxylation is 1. The minimum atomic E-state index is -0.773. The average molecular weight is 272 g/mol. The van der Waals surface area contributed by atoms with Crippen molar-refractivity contribution in [3.63, 3.8) is 0 Å². The molecule has 1 atom stereocenters. The molecule has 102 valence electrons. The van der Waals surface area contributed by atoms with Crippen molar-refractivity contribution in [3.05, 3.63) is 47.5 Å². The summed E-state index contributed by atoms with van der Waals surface area (Å²) in [5.74, 6) is -0.970. The Kier molecular flexibility index (Phi) is 3.18. The van der Waals surface area contributed by atoms with Crippen LogP contribution < -0.4 is 0 Å². The van der Waals surface area contributed by atoms with Gasteiger partial charge in [-0.25, -0.2) is 14.4 Å². The Labute approximate surface area is 115 Å². The lowest BCUT2D eigenvalue weighted by Crippen LogP contribution is -2.23. The van der Waals surface area contributed by atoms with Gasteiger partial charge < -0.3 is 5.11 Å². The fraction of sp³-hybridized carbons (Fsp3) is 0.267. The number of nitrogens with zero attached hydrogens (tertiary/aromatic N) is 2. The molecule has 1 aromatic heterocycles. The second-order valence-corrected chi connectivity index (χ2v) is 4.95.